The summed E-state index contributed by atoms with van der Waals surface area (Å²) in [5.74, 6) is -0.734. The monoisotopic (exact) mass is 298 g/mol. The number of benzene rings is 1. The number of carbonyl (C=O) groups is 1. The van der Waals surface area contributed by atoms with Crippen LogP contribution < -0.4 is 15.8 Å². The molecule has 1 aromatic carbocycles. The molecule has 0 aliphatic heterocycles. The van der Waals surface area contributed by atoms with E-state index >= 15 is 0 Å². The molecule has 0 radical (unpaired) electrons. The first-order valence-corrected chi connectivity index (χ1v) is 5.24. The zero-order chi connectivity index (χ0) is 13.8. The highest BCUT2D eigenvalue weighted by molar-refractivity contribution is 5.94. The maximum atomic E-state index is 11.9. The minimum Gasteiger partial charge on any atom is -0.406 e. The molecule has 108 valence electrons. The fourth-order valence-corrected chi connectivity index (χ4v) is 1.16. The van der Waals surface area contributed by atoms with Gasteiger partial charge in [0.15, 0.2) is 0 Å². The topological polar surface area (TPSA) is 64.4 Å². The quantitative estimate of drug-likeness (QED) is 0.898. The van der Waals surface area contributed by atoms with E-state index < -0.39 is 12.4 Å². The number of anilines is 1. The molecule has 0 saturated heterocycles. The fourth-order valence-electron chi connectivity index (χ4n) is 1.16. The van der Waals surface area contributed by atoms with Gasteiger partial charge in [0.25, 0.3) is 0 Å². The highest BCUT2D eigenvalue weighted by Crippen LogP contribution is 2.23. The van der Waals surface area contributed by atoms with Crippen LogP contribution in [-0.4, -0.2) is 18.3 Å². The first-order valence-electron chi connectivity index (χ1n) is 5.24. The molecule has 1 atom stereocenters. The highest BCUT2D eigenvalue weighted by Gasteiger charge is 2.30. The molecule has 0 aliphatic carbocycles. The molecular formula is C11H14ClF3N2O2. The molecule has 0 aromatic heterocycles. The maximum Gasteiger partial charge on any atom is 0.573 e. The molecule has 1 amide bonds. The number of ether oxygens (including phenoxy) is 1. The molecule has 0 unspecified atom stereocenters. The Bertz CT molecular complexity index is 409. The van der Waals surface area contributed by atoms with Gasteiger partial charge in [0.1, 0.15) is 5.75 Å². The van der Waals surface area contributed by atoms with E-state index in [1.807, 2.05) is 0 Å². The Balaban J connectivity index is 0.00000324. The van der Waals surface area contributed by atoms with Gasteiger partial charge in [-0.05, 0) is 30.7 Å². The average Bonchev–Trinajstić information content (AvgIpc) is 2.28. The number of rotatable bonds is 4. The van der Waals surface area contributed by atoms with Crippen LogP contribution >= 0.6 is 12.4 Å². The minimum absolute atomic E-state index is 0. The lowest BCUT2D eigenvalue weighted by atomic mass is 10.2. The van der Waals surface area contributed by atoms with E-state index in [0.29, 0.717) is 12.1 Å². The van der Waals surface area contributed by atoms with Crippen molar-refractivity contribution in [2.45, 2.75) is 25.7 Å². The summed E-state index contributed by atoms with van der Waals surface area (Å²) < 4.78 is 39.4. The first-order chi connectivity index (χ1) is 8.31. The van der Waals surface area contributed by atoms with Gasteiger partial charge < -0.3 is 15.8 Å². The zero-order valence-corrected chi connectivity index (χ0v) is 10.8. The summed E-state index contributed by atoms with van der Waals surface area (Å²) in [6, 6.07) is 4.19. The molecule has 0 fully saturated rings. The molecule has 0 saturated carbocycles. The Morgan fingerprint density at radius 3 is 2.32 bits per heavy atom. The van der Waals surface area contributed by atoms with E-state index in [1.54, 1.807) is 6.92 Å². The number of alkyl halides is 3. The van der Waals surface area contributed by atoms with Crippen molar-refractivity contribution in [3.05, 3.63) is 24.3 Å². The highest BCUT2D eigenvalue weighted by atomic mass is 35.5. The molecule has 0 spiro atoms. The van der Waals surface area contributed by atoms with Gasteiger partial charge in [0, 0.05) is 5.69 Å². The van der Waals surface area contributed by atoms with Crippen molar-refractivity contribution in [3.8, 4) is 5.75 Å². The van der Waals surface area contributed by atoms with Gasteiger partial charge in [0.2, 0.25) is 5.91 Å². The van der Waals surface area contributed by atoms with E-state index in [1.165, 1.54) is 12.1 Å². The number of hydrogen-bond acceptors (Lipinski definition) is 3. The Morgan fingerprint density at radius 2 is 1.89 bits per heavy atom. The predicted octanol–water partition coefficient (Wildman–Crippen LogP) is 2.68. The van der Waals surface area contributed by atoms with Crippen LogP contribution in [0.2, 0.25) is 0 Å². The van der Waals surface area contributed by atoms with Crippen LogP contribution in [-0.2, 0) is 4.79 Å². The number of halogens is 4. The number of nitrogens with two attached hydrogens (primary N) is 1. The Morgan fingerprint density at radius 1 is 1.37 bits per heavy atom. The number of amides is 1. The third kappa shape index (κ3) is 6.30. The van der Waals surface area contributed by atoms with Crippen LogP contribution in [0.3, 0.4) is 0 Å². The van der Waals surface area contributed by atoms with Gasteiger partial charge in [-0.2, -0.15) is 0 Å². The van der Waals surface area contributed by atoms with Crippen molar-refractivity contribution >= 4 is 24.0 Å². The summed E-state index contributed by atoms with van der Waals surface area (Å²) in [6.07, 6.45) is -4.25. The van der Waals surface area contributed by atoms with Crippen molar-refractivity contribution in [2.24, 2.45) is 5.73 Å². The Hall–Kier alpha value is -1.47. The summed E-state index contributed by atoms with van der Waals surface area (Å²) >= 11 is 0. The van der Waals surface area contributed by atoms with Crippen molar-refractivity contribution in [1.82, 2.24) is 0 Å². The second-order valence-electron chi connectivity index (χ2n) is 3.58. The number of nitrogens with one attached hydrogen (secondary N) is 1. The van der Waals surface area contributed by atoms with Gasteiger partial charge in [-0.25, -0.2) is 0 Å². The lowest BCUT2D eigenvalue weighted by Crippen LogP contribution is -2.34. The molecule has 0 heterocycles. The standard InChI is InChI=1S/C11H13F3N2O2.ClH/c1-2-9(15)10(17)16-7-3-5-8(6-4-7)18-11(12,13)14;/h3-6,9H,2,15H2,1H3,(H,16,17);1H/t9-;/m0./s1. The van der Waals surface area contributed by atoms with Crippen molar-refractivity contribution in [2.75, 3.05) is 5.32 Å². The van der Waals surface area contributed by atoms with Gasteiger partial charge in [0.05, 0.1) is 6.04 Å². The predicted molar refractivity (Wildman–Crippen MR) is 67.3 cm³/mol. The van der Waals surface area contributed by atoms with Gasteiger partial charge in [-0.3, -0.25) is 4.79 Å². The molecule has 4 nitrogen and oxygen atoms in total. The summed E-state index contributed by atoms with van der Waals surface area (Å²) in [5, 5.41) is 2.48. The summed E-state index contributed by atoms with van der Waals surface area (Å²) in [4.78, 5) is 11.4. The third-order valence-corrected chi connectivity index (χ3v) is 2.13. The maximum absolute atomic E-state index is 11.9. The summed E-state index contributed by atoms with van der Waals surface area (Å²) in [7, 11) is 0. The molecule has 1 aromatic rings. The number of carbonyl (C=O) groups excluding carboxylic acids is 1. The van der Waals surface area contributed by atoms with Crippen LogP contribution in [0.4, 0.5) is 18.9 Å². The smallest absolute Gasteiger partial charge is 0.406 e. The van der Waals surface area contributed by atoms with Crippen LogP contribution in [0, 0.1) is 0 Å². The lowest BCUT2D eigenvalue weighted by Gasteiger charge is -2.11. The summed E-state index contributed by atoms with van der Waals surface area (Å²) in [5.41, 5.74) is 5.85. The molecule has 19 heavy (non-hydrogen) atoms. The molecule has 8 heteroatoms. The zero-order valence-electron chi connectivity index (χ0n) is 10.0. The van der Waals surface area contributed by atoms with Gasteiger partial charge >= 0.3 is 6.36 Å². The minimum atomic E-state index is -4.73. The largest absolute Gasteiger partial charge is 0.573 e. The SMILES string of the molecule is CC[C@H](N)C(=O)Nc1ccc(OC(F)(F)F)cc1.Cl. The second kappa shape index (κ2) is 7.20. The van der Waals surface area contributed by atoms with E-state index in [0.717, 1.165) is 12.1 Å². The van der Waals surface area contributed by atoms with Crippen molar-refractivity contribution in [1.29, 1.82) is 0 Å². The molecule has 0 bridgehead atoms. The van der Waals surface area contributed by atoms with E-state index in [4.69, 9.17) is 5.73 Å². The lowest BCUT2D eigenvalue weighted by molar-refractivity contribution is -0.274. The Kier molecular flexibility index (Phi) is 6.64. The molecule has 3 N–H and O–H groups in total. The van der Waals surface area contributed by atoms with E-state index in [-0.39, 0.29) is 24.1 Å². The normalized spacial score (nSPS) is 12.3. The summed E-state index contributed by atoms with van der Waals surface area (Å²) in [6.45, 7) is 1.75. The fraction of sp³-hybridized carbons (Fsp3) is 0.364. The van der Waals surface area contributed by atoms with Gasteiger partial charge in [-0.1, -0.05) is 6.92 Å². The van der Waals surface area contributed by atoms with Gasteiger partial charge in [-0.15, -0.1) is 25.6 Å². The third-order valence-electron chi connectivity index (χ3n) is 2.13. The second-order valence-corrected chi connectivity index (χ2v) is 3.58. The Labute approximate surface area is 114 Å². The van der Waals surface area contributed by atoms with Crippen molar-refractivity contribution in [3.63, 3.8) is 0 Å². The molecule has 0 aliphatic rings. The van der Waals surface area contributed by atoms with Crippen LogP contribution in [0.25, 0.3) is 0 Å². The molecule has 1 rings (SSSR count). The number of hydrogen-bond donors (Lipinski definition) is 2. The first kappa shape index (κ1) is 17.5. The van der Waals surface area contributed by atoms with E-state index in [2.05, 4.69) is 10.1 Å². The van der Waals surface area contributed by atoms with Crippen LogP contribution in [0.5, 0.6) is 5.75 Å². The van der Waals surface area contributed by atoms with Crippen molar-refractivity contribution < 1.29 is 22.7 Å². The average molecular weight is 299 g/mol. The van der Waals surface area contributed by atoms with Crippen LogP contribution in [0.1, 0.15) is 13.3 Å². The van der Waals surface area contributed by atoms with Crippen LogP contribution in [0.15, 0.2) is 24.3 Å². The van der Waals surface area contributed by atoms with E-state index in [9.17, 15) is 18.0 Å². The molecular weight excluding hydrogens is 285 g/mol.